The van der Waals surface area contributed by atoms with E-state index in [1.165, 1.54) is 5.56 Å². The third-order valence-electron chi connectivity index (χ3n) is 3.82. The number of hydrogen-bond acceptors (Lipinski definition) is 3. The van der Waals surface area contributed by atoms with Gasteiger partial charge in [0.05, 0.1) is 6.10 Å². The molecule has 20 heavy (non-hydrogen) atoms. The lowest BCUT2D eigenvalue weighted by Crippen LogP contribution is -2.35. The fraction of sp³-hybridized carbons (Fsp3) is 0.647. The van der Waals surface area contributed by atoms with Gasteiger partial charge in [0.25, 0.3) is 0 Å². The molecule has 0 saturated carbocycles. The van der Waals surface area contributed by atoms with Crippen molar-refractivity contribution in [2.75, 3.05) is 13.2 Å². The summed E-state index contributed by atoms with van der Waals surface area (Å²) in [7, 11) is 0. The molecule has 2 unspecified atom stereocenters. The van der Waals surface area contributed by atoms with Crippen molar-refractivity contribution in [2.24, 2.45) is 5.41 Å². The maximum Gasteiger partial charge on any atom is 0.119 e. The summed E-state index contributed by atoms with van der Waals surface area (Å²) in [6.45, 7) is 11.4. The Bertz CT molecular complexity index is 382. The molecule has 0 spiro atoms. The van der Waals surface area contributed by atoms with Gasteiger partial charge in [-0.25, -0.2) is 0 Å². The van der Waals surface area contributed by atoms with Crippen LogP contribution in [0.2, 0.25) is 0 Å². The van der Waals surface area contributed by atoms with E-state index in [4.69, 9.17) is 4.74 Å². The molecule has 0 aromatic heterocycles. The van der Waals surface area contributed by atoms with Crippen LogP contribution in [0.25, 0.3) is 0 Å². The maximum absolute atomic E-state index is 9.43. The van der Waals surface area contributed by atoms with Crippen LogP contribution in [0.4, 0.5) is 0 Å². The van der Waals surface area contributed by atoms with Crippen LogP contribution >= 0.6 is 0 Å². The Kier molecular flexibility index (Phi) is 6.50. The Morgan fingerprint density at radius 3 is 2.25 bits per heavy atom. The Labute approximate surface area is 123 Å². The molecule has 2 N–H and O–H groups in total. The van der Waals surface area contributed by atoms with Crippen molar-refractivity contribution < 1.29 is 9.84 Å². The summed E-state index contributed by atoms with van der Waals surface area (Å²) in [5, 5.41) is 12.9. The summed E-state index contributed by atoms with van der Waals surface area (Å²) in [6.07, 6.45) is 1.16. The van der Waals surface area contributed by atoms with Gasteiger partial charge in [-0.3, -0.25) is 0 Å². The van der Waals surface area contributed by atoms with E-state index in [0.717, 1.165) is 18.7 Å². The number of aliphatic hydroxyl groups excluding tert-OH is 1. The van der Waals surface area contributed by atoms with Gasteiger partial charge in [-0.05, 0) is 44.9 Å². The van der Waals surface area contributed by atoms with Crippen LogP contribution in [0.15, 0.2) is 24.3 Å². The van der Waals surface area contributed by atoms with Gasteiger partial charge in [0.2, 0.25) is 0 Å². The molecule has 0 saturated heterocycles. The Morgan fingerprint density at radius 2 is 1.80 bits per heavy atom. The highest BCUT2D eigenvalue weighted by atomic mass is 16.5. The highest BCUT2D eigenvalue weighted by Crippen LogP contribution is 2.22. The van der Waals surface area contributed by atoms with E-state index in [-0.39, 0.29) is 24.2 Å². The van der Waals surface area contributed by atoms with E-state index in [2.05, 4.69) is 38.2 Å². The van der Waals surface area contributed by atoms with Gasteiger partial charge in [-0.1, -0.05) is 26.0 Å². The summed E-state index contributed by atoms with van der Waals surface area (Å²) >= 11 is 0. The van der Waals surface area contributed by atoms with E-state index in [1.807, 2.05) is 26.0 Å². The van der Waals surface area contributed by atoms with E-state index in [1.54, 1.807) is 0 Å². The smallest absolute Gasteiger partial charge is 0.119 e. The molecule has 0 fully saturated rings. The quantitative estimate of drug-likeness (QED) is 0.765. The van der Waals surface area contributed by atoms with Crippen molar-refractivity contribution >= 4 is 0 Å². The molecule has 0 radical (unpaired) electrons. The lowest BCUT2D eigenvalue weighted by atomic mass is 9.88. The van der Waals surface area contributed by atoms with Crippen LogP contribution in [-0.4, -0.2) is 24.4 Å². The first kappa shape index (κ1) is 17.0. The first-order chi connectivity index (χ1) is 9.40. The minimum Gasteiger partial charge on any atom is -0.491 e. The molecule has 0 amide bonds. The molecule has 1 aromatic rings. The second-order valence-electron chi connectivity index (χ2n) is 6.16. The lowest BCUT2D eigenvalue weighted by molar-refractivity contribution is 0.132. The number of ether oxygens (including phenoxy) is 1. The van der Waals surface area contributed by atoms with Crippen molar-refractivity contribution in [1.29, 1.82) is 0 Å². The average molecular weight is 279 g/mol. The molecular weight excluding hydrogens is 250 g/mol. The van der Waals surface area contributed by atoms with Gasteiger partial charge < -0.3 is 15.2 Å². The maximum atomic E-state index is 9.43. The molecule has 1 aromatic carbocycles. The number of rotatable bonds is 8. The van der Waals surface area contributed by atoms with E-state index in [0.29, 0.717) is 0 Å². The average Bonchev–Trinajstić information content (AvgIpc) is 2.44. The zero-order valence-electron chi connectivity index (χ0n) is 13.4. The summed E-state index contributed by atoms with van der Waals surface area (Å²) in [4.78, 5) is 0. The fourth-order valence-electron chi connectivity index (χ4n) is 1.92. The first-order valence-corrected chi connectivity index (χ1v) is 7.51. The highest BCUT2D eigenvalue weighted by molar-refractivity contribution is 5.29. The van der Waals surface area contributed by atoms with Crippen molar-refractivity contribution in [3.63, 3.8) is 0 Å². The fourth-order valence-corrected chi connectivity index (χ4v) is 1.92. The molecule has 114 valence electrons. The number of aliphatic hydroxyl groups is 1. The van der Waals surface area contributed by atoms with Crippen LogP contribution in [0.3, 0.4) is 0 Å². The van der Waals surface area contributed by atoms with Crippen LogP contribution in [-0.2, 0) is 0 Å². The predicted octanol–water partition coefficient (Wildman–Crippen LogP) is 3.53. The molecule has 2 atom stereocenters. The molecule has 0 bridgehead atoms. The van der Waals surface area contributed by atoms with Crippen molar-refractivity contribution in [3.05, 3.63) is 29.8 Å². The van der Waals surface area contributed by atoms with Crippen molar-refractivity contribution in [1.82, 2.24) is 5.32 Å². The third kappa shape index (κ3) is 5.14. The highest BCUT2D eigenvalue weighted by Gasteiger charge is 2.21. The van der Waals surface area contributed by atoms with Gasteiger partial charge in [0, 0.05) is 24.6 Å². The molecular formula is C17H29NO2. The second kappa shape index (κ2) is 7.65. The van der Waals surface area contributed by atoms with Crippen LogP contribution in [0, 0.1) is 5.41 Å². The topological polar surface area (TPSA) is 41.5 Å². The minimum atomic E-state index is -0.0467. The van der Waals surface area contributed by atoms with E-state index in [9.17, 15) is 5.11 Å². The molecule has 3 heteroatoms. The third-order valence-corrected chi connectivity index (χ3v) is 3.82. The Hall–Kier alpha value is -1.06. The monoisotopic (exact) mass is 279 g/mol. The molecule has 0 heterocycles. The van der Waals surface area contributed by atoms with Gasteiger partial charge in [0.15, 0.2) is 0 Å². The molecule has 0 aliphatic heterocycles. The summed E-state index contributed by atoms with van der Waals surface area (Å²) in [5.74, 6) is 0.907. The summed E-state index contributed by atoms with van der Waals surface area (Å²) in [5.41, 5.74) is 1.19. The molecule has 0 aliphatic carbocycles. The van der Waals surface area contributed by atoms with Gasteiger partial charge >= 0.3 is 0 Å². The van der Waals surface area contributed by atoms with E-state index >= 15 is 0 Å². The Morgan fingerprint density at radius 1 is 1.20 bits per heavy atom. The summed E-state index contributed by atoms with van der Waals surface area (Å²) < 4.78 is 5.64. The van der Waals surface area contributed by atoms with Gasteiger partial charge in [0.1, 0.15) is 5.75 Å². The van der Waals surface area contributed by atoms with Crippen molar-refractivity contribution in [3.8, 4) is 5.75 Å². The number of benzene rings is 1. The van der Waals surface area contributed by atoms with Gasteiger partial charge in [-0.15, -0.1) is 0 Å². The van der Waals surface area contributed by atoms with Crippen molar-refractivity contribution in [2.45, 2.75) is 53.2 Å². The second-order valence-corrected chi connectivity index (χ2v) is 6.16. The SMILES string of the molecule is CCC(C)(CO)CNC(C)c1ccc(OC(C)C)cc1. The zero-order valence-corrected chi connectivity index (χ0v) is 13.4. The number of hydrogen-bond donors (Lipinski definition) is 2. The van der Waals surface area contributed by atoms with Crippen LogP contribution < -0.4 is 10.1 Å². The largest absolute Gasteiger partial charge is 0.491 e. The number of nitrogens with one attached hydrogen (secondary N) is 1. The minimum absolute atomic E-state index is 0.0467. The predicted molar refractivity (Wildman–Crippen MR) is 84.1 cm³/mol. The van der Waals surface area contributed by atoms with Crippen LogP contribution in [0.1, 0.15) is 52.6 Å². The van der Waals surface area contributed by atoms with E-state index < -0.39 is 0 Å². The van der Waals surface area contributed by atoms with Gasteiger partial charge in [-0.2, -0.15) is 0 Å². The molecule has 0 aliphatic rings. The normalized spacial score (nSPS) is 15.9. The first-order valence-electron chi connectivity index (χ1n) is 7.51. The Balaban J connectivity index is 2.57. The van der Waals surface area contributed by atoms with Crippen LogP contribution in [0.5, 0.6) is 5.75 Å². The lowest BCUT2D eigenvalue weighted by Gasteiger charge is -2.28. The molecule has 3 nitrogen and oxygen atoms in total. The zero-order chi connectivity index (χ0) is 15.2. The molecule has 1 rings (SSSR count). The summed E-state index contributed by atoms with van der Waals surface area (Å²) in [6, 6.07) is 8.48. The standard InChI is InChI=1S/C17H29NO2/c1-6-17(5,12-19)11-18-14(4)15-7-9-16(10-8-15)20-13(2)3/h7-10,13-14,18-19H,6,11-12H2,1-5H3.